The van der Waals surface area contributed by atoms with Gasteiger partial charge in [0, 0.05) is 24.2 Å². The number of aliphatic hydroxyl groups is 1. The van der Waals surface area contributed by atoms with Crippen molar-refractivity contribution in [2.75, 3.05) is 4.72 Å². The van der Waals surface area contributed by atoms with Gasteiger partial charge < -0.3 is 9.84 Å². The minimum atomic E-state index is -3.86. The van der Waals surface area contributed by atoms with Crippen molar-refractivity contribution in [3.8, 4) is 0 Å². The molecular formula is C23H28N2O5S. The lowest BCUT2D eigenvalue weighted by atomic mass is 9.82. The van der Waals surface area contributed by atoms with Gasteiger partial charge in [0.05, 0.1) is 5.57 Å². The van der Waals surface area contributed by atoms with Crippen molar-refractivity contribution >= 4 is 21.7 Å². The molecule has 0 radical (unpaired) electrons. The minimum Gasteiger partial charge on any atom is -0.512 e. The predicted octanol–water partition coefficient (Wildman–Crippen LogP) is 4.47. The summed E-state index contributed by atoms with van der Waals surface area (Å²) >= 11 is 0. The molecule has 7 nitrogen and oxygen atoms in total. The van der Waals surface area contributed by atoms with Gasteiger partial charge in [-0.2, -0.15) is 8.42 Å². The molecule has 2 aromatic rings. The van der Waals surface area contributed by atoms with E-state index in [0.29, 0.717) is 11.3 Å². The number of cyclic esters (lactones) is 1. The fraction of sp³-hybridized carbons (Fsp3) is 0.391. The first-order chi connectivity index (χ1) is 14.4. The van der Waals surface area contributed by atoms with Gasteiger partial charge in [0.2, 0.25) is 0 Å². The minimum absolute atomic E-state index is 0.00906. The first-order valence-electron chi connectivity index (χ1n) is 10.1. The van der Waals surface area contributed by atoms with Crippen molar-refractivity contribution in [1.82, 2.24) is 4.98 Å². The fourth-order valence-corrected chi connectivity index (χ4v) is 4.44. The predicted molar refractivity (Wildman–Crippen MR) is 118 cm³/mol. The van der Waals surface area contributed by atoms with E-state index in [4.69, 9.17) is 4.74 Å². The van der Waals surface area contributed by atoms with E-state index in [9.17, 15) is 18.3 Å². The second-order valence-electron chi connectivity index (χ2n) is 8.52. The molecule has 2 unspecified atom stereocenters. The number of esters is 1. The number of anilines is 1. The van der Waals surface area contributed by atoms with Crippen LogP contribution >= 0.6 is 0 Å². The quantitative estimate of drug-likeness (QED) is 0.637. The molecule has 2 atom stereocenters. The van der Waals surface area contributed by atoms with E-state index in [1.807, 2.05) is 27.7 Å². The molecule has 1 aromatic heterocycles. The Kier molecular flexibility index (Phi) is 6.14. The molecule has 8 heteroatoms. The molecule has 1 aliphatic heterocycles. The number of nitrogens with one attached hydrogen (secondary N) is 1. The van der Waals surface area contributed by atoms with Crippen LogP contribution in [0.25, 0.3) is 0 Å². The SMILES string of the molecule is Cc1ccc(S(=O)(=O)Nc2cccc(C(C)C3=C(O)CC(C)(C(C)C)OC3=O)c2)nc1. The molecule has 1 aliphatic rings. The topological polar surface area (TPSA) is 106 Å². The molecule has 1 aromatic carbocycles. The Morgan fingerprint density at radius 1 is 1.19 bits per heavy atom. The molecule has 0 saturated carbocycles. The Labute approximate surface area is 183 Å². The van der Waals surface area contributed by atoms with Gasteiger partial charge in [-0.1, -0.05) is 39.0 Å². The van der Waals surface area contributed by atoms with Crippen molar-refractivity contribution in [2.24, 2.45) is 5.92 Å². The highest BCUT2D eigenvalue weighted by Gasteiger charge is 2.42. The summed E-state index contributed by atoms with van der Waals surface area (Å²) in [7, 11) is -3.86. The van der Waals surface area contributed by atoms with Crippen LogP contribution in [0.1, 0.15) is 51.2 Å². The van der Waals surface area contributed by atoms with Crippen LogP contribution in [-0.2, 0) is 19.6 Å². The van der Waals surface area contributed by atoms with E-state index < -0.39 is 27.5 Å². The second kappa shape index (κ2) is 8.34. The molecule has 2 heterocycles. The maximum Gasteiger partial charge on any atom is 0.338 e. The highest BCUT2D eigenvalue weighted by molar-refractivity contribution is 7.92. The van der Waals surface area contributed by atoms with E-state index in [1.54, 1.807) is 37.3 Å². The highest BCUT2D eigenvalue weighted by atomic mass is 32.2. The zero-order valence-electron chi connectivity index (χ0n) is 18.3. The summed E-state index contributed by atoms with van der Waals surface area (Å²) in [6.07, 6.45) is 1.73. The van der Waals surface area contributed by atoms with Crippen LogP contribution in [0.3, 0.4) is 0 Å². The Morgan fingerprint density at radius 3 is 2.48 bits per heavy atom. The second-order valence-corrected chi connectivity index (χ2v) is 10.1. The molecule has 0 amide bonds. The van der Waals surface area contributed by atoms with Gasteiger partial charge in [-0.25, -0.2) is 9.78 Å². The van der Waals surface area contributed by atoms with Crippen LogP contribution in [0.15, 0.2) is 59.0 Å². The first-order valence-corrected chi connectivity index (χ1v) is 11.6. The number of hydrogen-bond donors (Lipinski definition) is 2. The molecule has 166 valence electrons. The van der Waals surface area contributed by atoms with Gasteiger partial charge >= 0.3 is 5.97 Å². The van der Waals surface area contributed by atoms with E-state index in [2.05, 4.69) is 9.71 Å². The zero-order chi connectivity index (χ0) is 23.0. The van der Waals surface area contributed by atoms with Crippen molar-refractivity contribution in [3.63, 3.8) is 0 Å². The maximum absolute atomic E-state index is 12.7. The van der Waals surface area contributed by atoms with E-state index in [-0.39, 0.29) is 28.7 Å². The van der Waals surface area contributed by atoms with Gasteiger partial charge in [0.25, 0.3) is 10.0 Å². The van der Waals surface area contributed by atoms with Crippen molar-refractivity contribution in [1.29, 1.82) is 0 Å². The standard InChI is InChI=1S/C23H28N2O5S/c1-14(2)23(5)12-19(26)21(22(27)30-23)16(4)17-7-6-8-18(11-17)25-31(28,29)20-10-9-15(3)13-24-20/h6-11,13-14,16,25-26H,12H2,1-5H3. The Balaban J connectivity index is 1.88. The van der Waals surface area contributed by atoms with Crippen LogP contribution < -0.4 is 4.72 Å². The molecule has 0 spiro atoms. The third-order valence-corrected chi connectivity index (χ3v) is 7.12. The number of benzene rings is 1. The number of aromatic nitrogens is 1. The smallest absolute Gasteiger partial charge is 0.338 e. The Morgan fingerprint density at radius 2 is 1.90 bits per heavy atom. The number of nitrogens with zero attached hydrogens (tertiary/aromatic N) is 1. The number of hydrogen-bond acceptors (Lipinski definition) is 6. The first kappa shape index (κ1) is 22.8. The summed E-state index contributed by atoms with van der Waals surface area (Å²) in [6, 6.07) is 9.84. The summed E-state index contributed by atoms with van der Waals surface area (Å²) in [5, 5.41) is 10.6. The average molecular weight is 445 g/mol. The summed E-state index contributed by atoms with van der Waals surface area (Å²) in [6.45, 7) is 9.29. The number of carbonyl (C=O) groups is 1. The number of rotatable bonds is 6. The van der Waals surface area contributed by atoms with Crippen molar-refractivity contribution < 1.29 is 23.1 Å². The van der Waals surface area contributed by atoms with E-state index >= 15 is 0 Å². The summed E-state index contributed by atoms with van der Waals surface area (Å²) in [4.78, 5) is 16.7. The lowest BCUT2D eigenvalue weighted by Gasteiger charge is -2.38. The number of aryl methyl sites for hydroxylation is 1. The molecular weight excluding hydrogens is 416 g/mol. The normalized spacial score (nSPS) is 20.5. The van der Waals surface area contributed by atoms with Crippen LogP contribution in [-0.4, -0.2) is 30.1 Å². The lowest BCUT2D eigenvalue weighted by molar-refractivity contribution is -0.162. The summed E-state index contributed by atoms with van der Waals surface area (Å²) in [5.41, 5.74) is 1.30. The number of sulfonamides is 1. The number of ether oxygens (including phenoxy) is 1. The number of carbonyl (C=O) groups excluding carboxylic acids is 1. The monoisotopic (exact) mass is 444 g/mol. The molecule has 31 heavy (non-hydrogen) atoms. The largest absolute Gasteiger partial charge is 0.512 e. The van der Waals surface area contributed by atoms with Gasteiger partial charge in [-0.05, 0) is 49.1 Å². The molecule has 0 aliphatic carbocycles. The summed E-state index contributed by atoms with van der Waals surface area (Å²) < 4.78 is 33.5. The maximum atomic E-state index is 12.7. The third-order valence-electron chi connectivity index (χ3n) is 5.83. The average Bonchev–Trinajstić information content (AvgIpc) is 2.67. The van der Waals surface area contributed by atoms with Crippen molar-refractivity contribution in [2.45, 2.75) is 57.6 Å². The van der Waals surface area contributed by atoms with E-state index in [1.165, 1.54) is 12.3 Å². The Hall–Kier alpha value is -2.87. The van der Waals surface area contributed by atoms with Crippen LogP contribution in [0, 0.1) is 12.8 Å². The van der Waals surface area contributed by atoms with Crippen LogP contribution in [0.4, 0.5) is 5.69 Å². The van der Waals surface area contributed by atoms with Gasteiger partial charge in [-0.3, -0.25) is 4.72 Å². The Bertz CT molecular complexity index is 1120. The fourth-order valence-electron chi connectivity index (χ4n) is 3.46. The van der Waals surface area contributed by atoms with Gasteiger partial charge in [0.1, 0.15) is 11.4 Å². The highest BCUT2D eigenvalue weighted by Crippen LogP contribution is 2.39. The molecule has 0 fully saturated rings. The van der Waals surface area contributed by atoms with Gasteiger partial charge in [0.15, 0.2) is 5.03 Å². The third kappa shape index (κ3) is 4.74. The van der Waals surface area contributed by atoms with Crippen LogP contribution in [0.2, 0.25) is 0 Å². The number of pyridine rings is 1. The molecule has 0 bridgehead atoms. The molecule has 2 N–H and O–H groups in total. The molecule has 0 saturated heterocycles. The van der Waals surface area contributed by atoms with Crippen LogP contribution in [0.5, 0.6) is 0 Å². The molecule has 3 rings (SSSR count). The van der Waals surface area contributed by atoms with E-state index in [0.717, 1.165) is 5.56 Å². The van der Waals surface area contributed by atoms with Gasteiger partial charge in [-0.15, -0.1) is 0 Å². The summed E-state index contributed by atoms with van der Waals surface area (Å²) in [5.74, 6) is -0.980. The van der Waals surface area contributed by atoms with Crippen molar-refractivity contribution in [3.05, 3.63) is 65.1 Å². The number of aliphatic hydroxyl groups excluding tert-OH is 1. The lowest BCUT2D eigenvalue weighted by Crippen LogP contribution is -2.42. The zero-order valence-corrected chi connectivity index (χ0v) is 19.2.